The van der Waals surface area contributed by atoms with Gasteiger partial charge < -0.3 is 59.3 Å². The van der Waals surface area contributed by atoms with Crippen LogP contribution in [0, 0.1) is 24.7 Å². The normalized spacial score (nSPS) is 42.0. The van der Waals surface area contributed by atoms with Crippen LogP contribution in [0.15, 0.2) is 29.2 Å². The van der Waals surface area contributed by atoms with Crippen molar-refractivity contribution in [1.29, 1.82) is 0 Å². The Morgan fingerprint density at radius 1 is 0.926 bits per heavy atom. The number of aliphatic hydroxyl groups is 5. The van der Waals surface area contributed by atoms with Crippen molar-refractivity contribution >= 4 is 16.0 Å². The van der Waals surface area contributed by atoms with Gasteiger partial charge in [-0.05, 0) is 119 Å². The van der Waals surface area contributed by atoms with Crippen LogP contribution < -0.4 is 5.32 Å². The van der Waals surface area contributed by atoms with Crippen LogP contribution in [0.3, 0.4) is 0 Å². The molecule has 394 valence electrons. The number of hydrogen-bond acceptors (Lipinski definition) is 16. The molecule has 0 saturated carbocycles. The molecule has 18 atom stereocenters. The first kappa shape index (κ1) is 58.7. The van der Waals surface area contributed by atoms with Gasteiger partial charge in [0.05, 0.1) is 46.9 Å². The molecular formula is C50H89N3O14S. The summed E-state index contributed by atoms with van der Waals surface area (Å²) in [6.45, 7) is 25.0. The van der Waals surface area contributed by atoms with Crippen LogP contribution in [0.2, 0.25) is 0 Å². The number of nitrogens with zero attached hydrogens (tertiary/aromatic N) is 2. The fraction of sp³-hybridized carbons (Fsp3) is 0.860. The van der Waals surface area contributed by atoms with Gasteiger partial charge in [-0.2, -0.15) is 4.31 Å². The highest BCUT2D eigenvalue weighted by atomic mass is 32.2. The number of esters is 1. The lowest BCUT2D eigenvalue weighted by molar-refractivity contribution is -0.336. The molecule has 0 amide bonds. The molecule has 4 rings (SSSR count). The molecule has 0 aliphatic carbocycles. The third-order valence-electron chi connectivity index (χ3n) is 15.3. The Morgan fingerprint density at radius 3 is 2.13 bits per heavy atom. The van der Waals surface area contributed by atoms with E-state index in [1.54, 1.807) is 60.6 Å². The van der Waals surface area contributed by atoms with E-state index in [0.717, 1.165) is 22.7 Å². The predicted octanol–water partition coefficient (Wildman–Crippen LogP) is 4.12. The number of hydrogen-bond donors (Lipinski definition) is 6. The largest absolute Gasteiger partial charge is 0.459 e. The highest BCUT2D eigenvalue weighted by Gasteiger charge is 2.58. The van der Waals surface area contributed by atoms with Crippen molar-refractivity contribution in [2.24, 2.45) is 17.8 Å². The van der Waals surface area contributed by atoms with Crippen molar-refractivity contribution in [1.82, 2.24) is 14.5 Å². The van der Waals surface area contributed by atoms with Gasteiger partial charge in [-0.25, -0.2) is 8.42 Å². The summed E-state index contributed by atoms with van der Waals surface area (Å²) < 4.78 is 68.0. The van der Waals surface area contributed by atoms with E-state index in [0.29, 0.717) is 19.6 Å². The first-order valence-corrected chi connectivity index (χ1v) is 26.4. The molecule has 1 aromatic carbocycles. The van der Waals surface area contributed by atoms with Crippen LogP contribution in [-0.4, -0.2) is 179 Å². The summed E-state index contributed by atoms with van der Waals surface area (Å²) in [5.41, 5.74) is -5.43. The van der Waals surface area contributed by atoms with Crippen LogP contribution in [0.4, 0.5) is 0 Å². The standard InChI is InChI=1S/C50H89N3O14S/c1-16-23-51-29-50(59)36(10)64-40(27-48(50,12)62-15)66-42-33(7)44(67-46-41(54)38(25-32(6)63-46)52(14)68(60,61)37-21-19-30(4)20-22-37)47(11,57)26-31(5)28-53(24-17-2)35(9)43(55)49(13,58)39(18-3)65-45(56)34(42)8/h19-22,31-36,38-44,46,51,54-55,57-59H,16-18,23-29H2,1-15H3/t31-,32-,33+,34-,35-,36+,38+,39-,40+,41-,42+,43-,44-,46+,47-,48-,49-,50+/m1/s1. The molecule has 0 radical (unpaired) electrons. The van der Waals surface area contributed by atoms with Gasteiger partial charge in [0.25, 0.3) is 0 Å². The quantitative estimate of drug-likeness (QED) is 0.107. The van der Waals surface area contributed by atoms with E-state index in [1.807, 2.05) is 34.6 Å². The third-order valence-corrected chi connectivity index (χ3v) is 17.2. The molecule has 0 aromatic heterocycles. The predicted molar refractivity (Wildman–Crippen MR) is 258 cm³/mol. The fourth-order valence-electron chi connectivity index (χ4n) is 10.9. The highest BCUT2D eigenvalue weighted by Crippen LogP contribution is 2.43. The number of rotatable bonds is 15. The number of methoxy groups -OCH3 is 1. The van der Waals surface area contributed by atoms with Gasteiger partial charge in [-0.15, -0.1) is 0 Å². The maximum atomic E-state index is 14.7. The van der Waals surface area contributed by atoms with Crippen molar-refractivity contribution in [3.63, 3.8) is 0 Å². The first-order chi connectivity index (χ1) is 31.6. The molecule has 1 aromatic rings. The Morgan fingerprint density at radius 2 is 1.56 bits per heavy atom. The van der Waals surface area contributed by atoms with E-state index in [-0.39, 0.29) is 43.0 Å². The summed E-state index contributed by atoms with van der Waals surface area (Å²) in [7, 11) is -1.17. The zero-order valence-electron chi connectivity index (χ0n) is 43.7. The summed E-state index contributed by atoms with van der Waals surface area (Å²) in [5.74, 6) is -3.08. The number of benzene rings is 1. The minimum Gasteiger partial charge on any atom is -0.459 e. The molecule has 18 heteroatoms. The number of sulfonamides is 1. The molecule has 0 spiro atoms. The summed E-state index contributed by atoms with van der Waals surface area (Å²) in [5, 5.41) is 64.5. The van der Waals surface area contributed by atoms with Gasteiger partial charge in [-0.1, -0.05) is 52.3 Å². The Kier molecular flexibility index (Phi) is 20.5. The molecule has 3 saturated heterocycles. The first-order valence-electron chi connectivity index (χ1n) is 25.0. The van der Waals surface area contributed by atoms with Crippen LogP contribution >= 0.6 is 0 Å². The highest BCUT2D eigenvalue weighted by molar-refractivity contribution is 7.89. The zero-order valence-corrected chi connectivity index (χ0v) is 44.5. The third kappa shape index (κ3) is 12.8. The van der Waals surface area contributed by atoms with E-state index in [4.69, 9.17) is 28.4 Å². The summed E-state index contributed by atoms with van der Waals surface area (Å²) in [6, 6.07) is 4.87. The average molecular weight is 988 g/mol. The Balaban J connectivity index is 1.86. The van der Waals surface area contributed by atoms with Gasteiger partial charge in [0.15, 0.2) is 12.6 Å². The summed E-state index contributed by atoms with van der Waals surface area (Å²) in [4.78, 5) is 16.8. The molecule has 3 fully saturated rings. The molecular weight excluding hydrogens is 899 g/mol. The van der Waals surface area contributed by atoms with Crippen LogP contribution in [0.5, 0.6) is 0 Å². The van der Waals surface area contributed by atoms with E-state index < -0.39 is 118 Å². The molecule has 3 aliphatic heterocycles. The molecule has 6 N–H and O–H groups in total. The Hall–Kier alpha value is -1.88. The topological polar surface area (TPSA) is 226 Å². The summed E-state index contributed by atoms with van der Waals surface area (Å²) in [6.07, 6.45) is -8.41. The fourth-order valence-corrected chi connectivity index (χ4v) is 12.3. The number of carbonyl (C=O) groups is 1. The van der Waals surface area contributed by atoms with Crippen LogP contribution in [0.1, 0.15) is 127 Å². The van der Waals surface area contributed by atoms with Crippen molar-refractivity contribution in [2.45, 2.75) is 223 Å². The van der Waals surface area contributed by atoms with E-state index in [1.165, 1.54) is 33.2 Å². The van der Waals surface area contributed by atoms with E-state index >= 15 is 0 Å². The van der Waals surface area contributed by atoms with Gasteiger partial charge in [-0.3, -0.25) is 9.69 Å². The lowest BCUT2D eigenvalue weighted by Gasteiger charge is -2.53. The summed E-state index contributed by atoms with van der Waals surface area (Å²) >= 11 is 0. The molecule has 17 nitrogen and oxygen atoms in total. The van der Waals surface area contributed by atoms with Gasteiger partial charge in [0.2, 0.25) is 10.0 Å². The smallest absolute Gasteiger partial charge is 0.311 e. The number of nitrogens with one attached hydrogen (secondary N) is 1. The van der Waals surface area contributed by atoms with Crippen LogP contribution in [-0.2, 0) is 43.2 Å². The minimum atomic E-state index is -4.09. The monoisotopic (exact) mass is 988 g/mol. The Labute approximate surface area is 407 Å². The number of aryl methyl sites for hydroxylation is 1. The lowest BCUT2D eigenvalue weighted by atomic mass is 9.75. The zero-order chi connectivity index (χ0) is 51.3. The van der Waals surface area contributed by atoms with Crippen molar-refractivity contribution < 1.29 is 67.2 Å². The molecule has 68 heavy (non-hydrogen) atoms. The number of aliphatic hydroxyl groups excluding tert-OH is 2. The molecule has 0 unspecified atom stereocenters. The van der Waals surface area contributed by atoms with Crippen molar-refractivity contribution in [3.05, 3.63) is 29.8 Å². The SMILES string of the molecule is CCCNC[C@]1(O)[C@H](C)O[C@@H](O[C@H]2[C@H](C)[C@@H](O[C@@H]3O[C@H](C)C[C@H](N(C)S(=O)(=O)c4ccc(C)cc4)[C@H]3O)[C@](C)(O)C[C@@H](C)CN(CCC)[C@H](C)[C@@H](O)[C@](C)(O)[C@@H](CC)OC(=O)[C@@H]2C)C[C@@]1(C)OC. The maximum absolute atomic E-state index is 14.7. The molecule has 0 bridgehead atoms. The second kappa shape index (κ2) is 23.8. The Bertz CT molecular complexity index is 1860. The van der Waals surface area contributed by atoms with Crippen LogP contribution in [0.25, 0.3) is 0 Å². The average Bonchev–Trinajstić information content (AvgIpc) is 3.27. The number of carbonyl (C=O) groups excluding carboxylic acids is 1. The van der Waals surface area contributed by atoms with Crippen molar-refractivity contribution in [3.8, 4) is 0 Å². The maximum Gasteiger partial charge on any atom is 0.311 e. The van der Waals surface area contributed by atoms with E-state index in [9.17, 15) is 38.7 Å². The van der Waals surface area contributed by atoms with Gasteiger partial charge in [0, 0.05) is 45.6 Å². The number of ether oxygens (including phenoxy) is 6. The number of likely N-dealkylation sites (N-methyl/N-ethyl adjacent to an activating group) is 1. The minimum absolute atomic E-state index is 0.0250. The molecule has 3 aliphatic rings. The molecule has 3 heterocycles. The van der Waals surface area contributed by atoms with E-state index in [2.05, 4.69) is 10.2 Å². The van der Waals surface area contributed by atoms with Crippen molar-refractivity contribution in [2.75, 3.05) is 40.3 Å². The number of cyclic esters (lactones) is 1. The van der Waals surface area contributed by atoms with Gasteiger partial charge >= 0.3 is 5.97 Å². The van der Waals surface area contributed by atoms with Gasteiger partial charge in [0.1, 0.15) is 35.1 Å². The lowest BCUT2D eigenvalue weighted by Crippen LogP contribution is -2.70. The second-order valence-corrected chi connectivity index (χ2v) is 23.1. The second-order valence-electron chi connectivity index (χ2n) is 21.1.